The zero-order valence-electron chi connectivity index (χ0n) is 26.9. The van der Waals surface area contributed by atoms with Gasteiger partial charge < -0.3 is 4.42 Å². The lowest BCUT2D eigenvalue weighted by atomic mass is 9.93. The molecule has 3 aromatic heterocycles. The van der Waals surface area contributed by atoms with Crippen LogP contribution in [0.4, 0.5) is 0 Å². The molecular formula is C46H28N2OS. The molecule has 0 saturated heterocycles. The van der Waals surface area contributed by atoms with Crippen LogP contribution in [0.5, 0.6) is 0 Å². The summed E-state index contributed by atoms with van der Waals surface area (Å²) >= 11 is 1.84. The molecule has 0 fully saturated rings. The molecule has 0 N–H and O–H groups in total. The van der Waals surface area contributed by atoms with Crippen molar-refractivity contribution in [1.29, 1.82) is 0 Å². The summed E-state index contributed by atoms with van der Waals surface area (Å²) in [6.45, 7) is 0. The van der Waals surface area contributed by atoms with E-state index in [1.807, 2.05) is 41.7 Å². The standard InChI is InChI=1S/C46H28N2OS/c1-3-12-29(13-4-1)30-22-24-31(25-23-30)38-28-39(48-46(47-38)32-14-5-2-6-15-32)35-27-26-34(44-36-16-7-9-19-40(36)49-45(35)44)33-18-11-21-42-43(33)37-17-8-10-20-41(37)50-42/h1-28H. The average molecular weight is 657 g/mol. The molecule has 0 unspecified atom stereocenters. The van der Waals surface area contributed by atoms with E-state index in [0.717, 1.165) is 55.6 Å². The smallest absolute Gasteiger partial charge is 0.160 e. The second-order valence-corrected chi connectivity index (χ2v) is 13.6. The van der Waals surface area contributed by atoms with E-state index in [4.69, 9.17) is 14.4 Å². The molecule has 0 radical (unpaired) electrons. The summed E-state index contributed by atoms with van der Waals surface area (Å²) in [5.74, 6) is 0.674. The van der Waals surface area contributed by atoms with Gasteiger partial charge >= 0.3 is 0 Å². The molecule has 0 aliphatic heterocycles. The van der Waals surface area contributed by atoms with Gasteiger partial charge in [-0.05, 0) is 52.6 Å². The van der Waals surface area contributed by atoms with Gasteiger partial charge in [0.1, 0.15) is 11.2 Å². The van der Waals surface area contributed by atoms with Crippen molar-refractivity contribution in [3.63, 3.8) is 0 Å². The minimum atomic E-state index is 0.674. The van der Waals surface area contributed by atoms with Crippen molar-refractivity contribution in [3.8, 4) is 56.2 Å². The maximum Gasteiger partial charge on any atom is 0.160 e. The topological polar surface area (TPSA) is 38.9 Å². The molecule has 7 aromatic carbocycles. The first-order valence-corrected chi connectivity index (χ1v) is 17.6. The maximum atomic E-state index is 6.78. The van der Waals surface area contributed by atoms with Gasteiger partial charge in [-0.25, -0.2) is 9.97 Å². The molecule has 0 atom stereocenters. The van der Waals surface area contributed by atoms with Crippen LogP contribution in [0.15, 0.2) is 174 Å². The Balaban J connectivity index is 1.21. The SMILES string of the molecule is c1ccc(-c2ccc(-c3cc(-c4ccc(-c5cccc6sc7ccccc7c56)c5c4oc4ccccc45)nc(-c4ccccc4)n3)cc2)cc1. The van der Waals surface area contributed by atoms with Gasteiger partial charge in [-0.15, -0.1) is 11.3 Å². The molecule has 0 aliphatic carbocycles. The minimum Gasteiger partial charge on any atom is -0.455 e. The summed E-state index contributed by atoms with van der Waals surface area (Å²) in [6, 6.07) is 59.4. The zero-order valence-corrected chi connectivity index (χ0v) is 27.7. The molecular weight excluding hydrogens is 629 g/mol. The Labute approximate surface area is 292 Å². The van der Waals surface area contributed by atoms with Crippen LogP contribution >= 0.6 is 11.3 Å². The summed E-state index contributed by atoms with van der Waals surface area (Å²) in [4.78, 5) is 10.3. The summed E-state index contributed by atoms with van der Waals surface area (Å²) in [6.07, 6.45) is 0. The van der Waals surface area contributed by atoms with Gasteiger partial charge in [0.15, 0.2) is 5.82 Å². The fourth-order valence-electron chi connectivity index (χ4n) is 7.17. The molecule has 0 spiro atoms. The number of nitrogens with zero attached hydrogens (tertiary/aromatic N) is 2. The summed E-state index contributed by atoms with van der Waals surface area (Å²) in [7, 11) is 0. The van der Waals surface area contributed by atoms with Crippen LogP contribution in [0.1, 0.15) is 0 Å². The number of hydrogen-bond acceptors (Lipinski definition) is 4. The highest BCUT2D eigenvalue weighted by Gasteiger charge is 2.21. The quantitative estimate of drug-likeness (QED) is 0.185. The van der Waals surface area contributed by atoms with E-state index in [2.05, 4.69) is 140 Å². The fraction of sp³-hybridized carbons (Fsp3) is 0. The van der Waals surface area contributed by atoms with Crippen molar-refractivity contribution in [3.05, 3.63) is 170 Å². The molecule has 3 nitrogen and oxygen atoms in total. The fourth-order valence-corrected chi connectivity index (χ4v) is 8.30. The molecule has 234 valence electrons. The third-order valence-corrected chi connectivity index (χ3v) is 10.7. The molecule has 0 aliphatic rings. The zero-order chi connectivity index (χ0) is 33.0. The monoisotopic (exact) mass is 656 g/mol. The Morgan fingerprint density at radius 2 is 1.00 bits per heavy atom. The van der Waals surface area contributed by atoms with Crippen LogP contribution in [0.3, 0.4) is 0 Å². The number of fused-ring (bicyclic) bond motifs is 6. The van der Waals surface area contributed by atoms with Crippen LogP contribution < -0.4 is 0 Å². The Bertz CT molecular complexity index is 2850. The van der Waals surface area contributed by atoms with Crippen molar-refractivity contribution in [2.75, 3.05) is 0 Å². The maximum absolute atomic E-state index is 6.78. The van der Waals surface area contributed by atoms with Gasteiger partial charge in [-0.2, -0.15) is 0 Å². The lowest BCUT2D eigenvalue weighted by molar-refractivity contribution is 0.670. The number of thiophene rings is 1. The first-order chi connectivity index (χ1) is 24.8. The molecule has 50 heavy (non-hydrogen) atoms. The van der Waals surface area contributed by atoms with E-state index in [0.29, 0.717) is 5.82 Å². The second kappa shape index (κ2) is 11.7. The summed E-state index contributed by atoms with van der Waals surface area (Å²) in [5, 5.41) is 4.74. The molecule has 0 amide bonds. The second-order valence-electron chi connectivity index (χ2n) is 12.5. The van der Waals surface area contributed by atoms with Crippen molar-refractivity contribution in [2.24, 2.45) is 0 Å². The summed E-state index contributed by atoms with van der Waals surface area (Å²) < 4.78 is 9.35. The van der Waals surface area contributed by atoms with Crippen molar-refractivity contribution in [1.82, 2.24) is 9.97 Å². The number of benzene rings is 7. The molecule has 0 bridgehead atoms. The van der Waals surface area contributed by atoms with E-state index >= 15 is 0 Å². The lowest BCUT2D eigenvalue weighted by Crippen LogP contribution is -1.96. The first-order valence-electron chi connectivity index (χ1n) is 16.7. The van der Waals surface area contributed by atoms with Gasteiger partial charge in [-0.3, -0.25) is 0 Å². The van der Waals surface area contributed by atoms with Gasteiger partial charge in [0.05, 0.1) is 11.4 Å². The van der Waals surface area contributed by atoms with Crippen LogP contribution in [0, 0.1) is 0 Å². The van der Waals surface area contributed by atoms with Gasteiger partial charge in [0, 0.05) is 47.6 Å². The Kier molecular flexibility index (Phi) is 6.68. The third-order valence-electron chi connectivity index (χ3n) is 9.54. The highest BCUT2D eigenvalue weighted by molar-refractivity contribution is 7.25. The minimum absolute atomic E-state index is 0.674. The number of para-hydroxylation sites is 1. The highest BCUT2D eigenvalue weighted by Crippen LogP contribution is 2.46. The van der Waals surface area contributed by atoms with Gasteiger partial charge in [-0.1, -0.05) is 140 Å². The van der Waals surface area contributed by atoms with E-state index in [1.54, 1.807) is 0 Å². The van der Waals surface area contributed by atoms with Crippen LogP contribution in [-0.2, 0) is 0 Å². The van der Waals surface area contributed by atoms with Gasteiger partial charge in [0.25, 0.3) is 0 Å². The normalized spacial score (nSPS) is 11.6. The van der Waals surface area contributed by atoms with Crippen LogP contribution in [0.25, 0.3) is 98.3 Å². The van der Waals surface area contributed by atoms with Crippen molar-refractivity contribution in [2.45, 2.75) is 0 Å². The van der Waals surface area contributed by atoms with E-state index in [-0.39, 0.29) is 0 Å². The van der Waals surface area contributed by atoms with E-state index < -0.39 is 0 Å². The van der Waals surface area contributed by atoms with E-state index in [9.17, 15) is 0 Å². The molecule has 4 heteroatoms. The highest BCUT2D eigenvalue weighted by atomic mass is 32.1. The van der Waals surface area contributed by atoms with Crippen molar-refractivity contribution < 1.29 is 4.42 Å². The largest absolute Gasteiger partial charge is 0.455 e. The number of aromatic nitrogens is 2. The van der Waals surface area contributed by atoms with Gasteiger partial charge in [0.2, 0.25) is 0 Å². The first kappa shape index (κ1) is 28.6. The third kappa shape index (κ3) is 4.73. The predicted molar refractivity (Wildman–Crippen MR) is 209 cm³/mol. The molecule has 10 rings (SSSR count). The summed E-state index contributed by atoms with van der Waals surface area (Å²) in [5.41, 5.74) is 11.0. The van der Waals surface area contributed by atoms with Crippen molar-refractivity contribution >= 4 is 53.4 Å². The molecule has 3 heterocycles. The lowest BCUT2D eigenvalue weighted by Gasteiger charge is -2.12. The average Bonchev–Trinajstić information content (AvgIpc) is 3.77. The number of hydrogen-bond donors (Lipinski definition) is 0. The Hall–Kier alpha value is -6.36. The Morgan fingerprint density at radius 1 is 0.400 bits per heavy atom. The van der Waals surface area contributed by atoms with Crippen LogP contribution in [-0.4, -0.2) is 9.97 Å². The Morgan fingerprint density at radius 3 is 1.82 bits per heavy atom. The van der Waals surface area contributed by atoms with Crippen LogP contribution in [0.2, 0.25) is 0 Å². The molecule has 10 aromatic rings. The molecule has 0 saturated carbocycles. The number of rotatable bonds is 5. The van der Waals surface area contributed by atoms with E-state index in [1.165, 1.54) is 36.9 Å². The number of furan rings is 1. The predicted octanol–water partition coefficient (Wildman–Crippen LogP) is 13.1.